The summed E-state index contributed by atoms with van der Waals surface area (Å²) in [4.78, 5) is 18.1. The van der Waals surface area contributed by atoms with Crippen molar-refractivity contribution in [3.8, 4) is 0 Å². The Morgan fingerprint density at radius 1 is 1.52 bits per heavy atom. The molecule has 3 heterocycles. The molecule has 0 unspecified atom stereocenters. The summed E-state index contributed by atoms with van der Waals surface area (Å²) in [5.74, 6) is 0.0421. The zero-order valence-corrected chi connectivity index (χ0v) is 12.8. The van der Waals surface area contributed by atoms with Gasteiger partial charge < -0.3 is 10.6 Å². The Hall–Kier alpha value is -1.73. The van der Waals surface area contributed by atoms with E-state index in [1.807, 2.05) is 29.4 Å². The number of carbonyl (C=O) groups is 1. The maximum absolute atomic E-state index is 12.8. The Labute approximate surface area is 127 Å². The van der Waals surface area contributed by atoms with E-state index in [0.717, 1.165) is 36.5 Å². The highest BCUT2D eigenvalue weighted by molar-refractivity contribution is 7.09. The van der Waals surface area contributed by atoms with Crippen molar-refractivity contribution >= 4 is 17.2 Å². The van der Waals surface area contributed by atoms with Crippen molar-refractivity contribution in [2.45, 2.75) is 31.8 Å². The molecule has 0 spiro atoms. The van der Waals surface area contributed by atoms with Gasteiger partial charge in [-0.3, -0.25) is 9.48 Å². The van der Waals surface area contributed by atoms with Gasteiger partial charge >= 0.3 is 0 Å². The molecule has 2 N–H and O–H groups in total. The zero-order valence-electron chi connectivity index (χ0n) is 12.0. The van der Waals surface area contributed by atoms with E-state index in [4.69, 9.17) is 0 Å². The van der Waals surface area contributed by atoms with Crippen molar-refractivity contribution in [3.63, 3.8) is 0 Å². The fourth-order valence-corrected chi connectivity index (χ4v) is 3.46. The molecule has 6 nitrogen and oxygen atoms in total. The number of hydrogen-bond acceptors (Lipinski definition) is 5. The molecular weight excluding hydrogens is 286 g/mol. The van der Waals surface area contributed by atoms with Crippen molar-refractivity contribution < 1.29 is 4.79 Å². The van der Waals surface area contributed by atoms with Crippen LogP contribution in [0.25, 0.3) is 0 Å². The number of piperidine rings is 1. The van der Waals surface area contributed by atoms with E-state index < -0.39 is 5.54 Å². The first-order valence-electron chi connectivity index (χ1n) is 7.10. The molecule has 3 rings (SSSR count). The van der Waals surface area contributed by atoms with Crippen molar-refractivity contribution in [2.24, 2.45) is 0 Å². The van der Waals surface area contributed by atoms with E-state index in [1.54, 1.807) is 17.5 Å². The summed E-state index contributed by atoms with van der Waals surface area (Å²) in [5.41, 5.74) is 2.22. The average Bonchev–Trinajstić information content (AvgIpc) is 3.17. The van der Waals surface area contributed by atoms with Crippen LogP contribution in [-0.2, 0) is 16.9 Å². The van der Waals surface area contributed by atoms with E-state index in [2.05, 4.69) is 20.7 Å². The van der Waals surface area contributed by atoms with Crippen LogP contribution >= 0.6 is 11.3 Å². The second-order valence-electron chi connectivity index (χ2n) is 5.28. The van der Waals surface area contributed by atoms with Crippen LogP contribution in [0.4, 0.5) is 0 Å². The van der Waals surface area contributed by atoms with Crippen LogP contribution in [0.3, 0.4) is 0 Å². The standard InChI is InChI=1S/C14H19N5OS/c1-11-12(21-10-17-11)9-16-13(20)14(3-6-15-7-4-14)19-8-2-5-18-19/h2,5,8,10,15H,3-4,6-7,9H2,1H3,(H,16,20). The van der Waals surface area contributed by atoms with Gasteiger partial charge in [0.25, 0.3) is 0 Å². The Morgan fingerprint density at radius 3 is 2.95 bits per heavy atom. The third kappa shape index (κ3) is 2.71. The van der Waals surface area contributed by atoms with Gasteiger partial charge in [0.1, 0.15) is 5.54 Å². The number of rotatable bonds is 4. The number of amides is 1. The lowest BCUT2D eigenvalue weighted by Gasteiger charge is -2.36. The number of carbonyl (C=O) groups excluding carboxylic acids is 1. The highest BCUT2D eigenvalue weighted by Gasteiger charge is 2.41. The summed E-state index contributed by atoms with van der Waals surface area (Å²) in [6.07, 6.45) is 5.11. The summed E-state index contributed by atoms with van der Waals surface area (Å²) in [6, 6.07) is 1.87. The minimum Gasteiger partial charge on any atom is -0.349 e. The molecular formula is C14H19N5OS. The fraction of sp³-hybridized carbons (Fsp3) is 0.500. The van der Waals surface area contributed by atoms with Crippen LogP contribution in [0.5, 0.6) is 0 Å². The molecule has 112 valence electrons. The molecule has 1 fully saturated rings. The lowest BCUT2D eigenvalue weighted by Crippen LogP contribution is -2.54. The van der Waals surface area contributed by atoms with Gasteiger partial charge in [-0.05, 0) is 38.9 Å². The van der Waals surface area contributed by atoms with Crippen molar-refractivity contribution in [1.29, 1.82) is 0 Å². The number of nitrogens with one attached hydrogen (secondary N) is 2. The van der Waals surface area contributed by atoms with E-state index >= 15 is 0 Å². The number of aromatic nitrogens is 3. The highest BCUT2D eigenvalue weighted by atomic mass is 32.1. The second-order valence-corrected chi connectivity index (χ2v) is 6.22. The lowest BCUT2D eigenvalue weighted by atomic mass is 9.87. The van der Waals surface area contributed by atoms with Crippen LogP contribution in [0.2, 0.25) is 0 Å². The summed E-state index contributed by atoms with van der Waals surface area (Å²) >= 11 is 1.57. The molecule has 0 aromatic carbocycles. The summed E-state index contributed by atoms with van der Waals surface area (Å²) in [5, 5.41) is 10.7. The van der Waals surface area contributed by atoms with Crippen LogP contribution in [0.15, 0.2) is 24.0 Å². The predicted molar refractivity (Wildman–Crippen MR) is 81.0 cm³/mol. The highest BCUT2D eigenvalue weighted by Crippen LogP contribution is 2.27. The average molecular weight is 305 g/mol. The van der Waals surface area contributed by atoms with Crippen molar-refractivity contribution in [2.75, 3.05) is 13.1 Å². The molecule has 1 aliphatic rings. The number of aryl methyl sites for hydroxylation is 1. The van der Waals surface area contributed by atoms with Crippen molar-refractivity contribution in [1.82, 2.24) is 25.4 Å². The lowest BCUT2D eigenvalue weighted by molar-refractivity contribution is -0.132. The van der Waals surface area contributed by atoms with Crippen LogP contribution < -0.4 is 10.6 Å². The minimum atomic E-state index is -0.576. The Balaban J connectivity index is 1.77. The van der Waals surface area contributed by atoms with E-state index in [9.17, 15) is 4.79 Å². The number of nitrogens with zero attached hydrogens (tertiary/aromatic N) is 3. The number of hydrogen-bond donors (Lipinski definition) is 2. The quantitative estimate of drug-likeness (QED) is 0.885. The van der Waals surface area contributed by atoms with Crippen LogP contribution in [0.1, 0.15) is 23.4 Å². The fourth-order valence-electron chi connectivity index (χ4n) is 2.74. The van der Waals surface area contributed by atoms with Gasteiger partial charge in [0.15, 0.2) is 0 Å². The van der Waals surface area contributed by atoms with Crippen LogP contribution in [-0.4, -0.2) is 33.8 Å². The third-order valence-corrected chi connectivity index (χ3v) is 4.99. The SMILES string of the molecule is Cc1ncsc1CNC(=O)C1(n2cccn2)CCNCC1. The van der Waals surface area contributed by atoms with E-state index in [1.165, 1.54) is 0 Å². The van der Waals surface area contributed by atoms with Gasteiger partial charge in [-0.15, -0.1) is 11.3 Å². The van der Waals surface area contributed by atoms with Gasteiger partial charge in [-0.2, -0.15) is 5.10 Å². The molecule has 1 amide bonds. The molecule has 2 aromatic rings. The first kappa shape index (κ1) is 14.2. The minimum absolute atomic E-state index is 0.0421. The molecule has 1 aliphatic heterocycles. The smallest absolute Gasteiger partial charge is 0.248 e. The third-order valence-electron chi connectivity index (χ3n) is 4.05. The molecule has 2 aromatic heterocycles. The van der Waals surface area contributed by atoms with Gasteiger partial charge in [0.2, 0.25) is 5.91 Å². The summed E-state index contributed by atoms with van der Waals surface area (Å²) in [6.45, 7) is 4.15. The molecule has 21 heavy (non-hydrogen) atoms. The predicted octanol–water partition coefficient (Wildman–Crippen LogP) is 1.04. The van der Waals surface area contributed by atoms with E-state index in [-0.39, 0.29) is 5.91 Å². The largest absolute Gasteiger partial charge is 0.349 e. The normalized spacial score (nSPS) is 17.6. The first-order valence-corrected chi connectivity index (χ1v) is 7.98. The molecule has 0 atom stereocenters. The molecule has 0 bridgehead atoms. The van der Waals surface area contributed by atoms with Gasteiger partial charge in [-0.25, -0.2) is 4.98 Å². The number of thiazole rings is 1. The maximum atomic E-state index is 12.8. The molecule has 7 heteroatoms. The molecule has 0 aliphatic carbocycles. The summed E-state index contributed by atoms with van der Waals surface area (Å²) < 4.78 is 1.81. The molecule has 1 saturated heterocycles. The zero-order chi connectivity index (χ0) is 14.7. The monoisotopic (exact) mass is 305 g/mol. The molecule has 0 saturated carbocycles. The first-order chi connectivity index (χ1) is 10.2. The van der Waals surface area contributed by atoms with Gasteiger partial charge in [0.05, 0.1) is 17.7 Å². The van der Waals surface area contributed by atoms with Gasteiger partial charge in [-0.1, -0.05) is 0 Å². The van der Waals surface area contributed by atoms with Gasteiger partial charge in [0, 0.05) is 17.3 Å². The Bertz CT molecular complexity index is 601. The van der Waals surface area contributed by atoms with Crippen LogP contribution in [0, 0.1) is 6.92 Å². The Kier molecular flexibility index (Phi) is 4.03. The maximum Gasteiger partial charge on any atom is 0.248 e. The van der Waals surface area contributed by atoms with E-state index in [0.29, 0.717) is 6.54 Å². The summed E-state index contributed by atoms with van der Waals surface area (Å²) in [7, 11) is 0. The Morgan fingerprint density at radius 2 is 2.33 bits per heavy atom. The molecule has 0 radical (unpaired) electrons. The van der Waals surface area contributed by atoms with Crippen molar-refractivity contribution in [3.05, 3.63) is 34.5 Å². The second kappa shape index (κ2) is 5.95. The topological polar surface area (TPSA) is 71.8 Å².